The Bertz CT molecular complexity index is 680. The number of amides is 4. The monoisotopic (exact) mass is 424 g/mol. The maximum Gasteiger partial charge on any atom is 0.257 e. The van der Waals surface area contributed by atoms with E-state index in [0.29, 0.717) is 48.2 Å². The number of rotatable bonds is 11. The zero-order chi connectivity index (χ0) is 20.8. The molecule has 2 rings (SSSR count). The number of hydrogen-bond donors (Lipinski definition) is 0. The molecule has 6 nitrogen and oxygen atoms in total. The first-order chi connectivity index (χ1) is 13.3. The molecule has 28 heavy (non-hydrogen) atoms. The molecule has 0 aromatic carbocycles. The summed E-state index contributed by atoms with van der Waals surface area (Å²) in [6.07, 6.45) is 2.69. The third-order valence-electron chi connectivity index (χ3n) is 5.05. The molecule has 0 radical (unpaired) electrons. The van der Waals surface area contributed by atoms with Gasteiger partial charge in [0.1, 0.15) is 0 Å². The summed E-state index contributed by atoms with van der Waals surface area (Å²) in [5.74, 6) is 1.08. The van der Waals surface area contributed by atoms with Crippen LogP contribution in [0.25, 0.3) is 0 Å². The predicted octanol–water partition coefficient (Wildman–Crippen LogP) is 3.34. The maximum atomic E-state index is 12.2. The van der Waals surface area contributed by atoms with E-state index in [1.54, 1.807) is 35.4 Å². The van der Waals surface area contributed by atoms with Crippen LogP contribution in [0.3, 0.4) is 0 Å². The van der Waals surface area contributed by atoms with E-state index in [2.05, 4.69) is 0 Å². The highest BCUT2D eigenvalue weighted by Crippen LogP contribution is 2.27. The van der Waals surface area contributed by atoms with E-state index in [0.717, 1.165) is 24.3 Å². The molecule has 0 fully saturated rings. The van der Waals surface area contributed by atoms with E-state index >= 15 is 0 Å². The average Bonchev–Trinajstić information content (AvgIpc) is 3.01. The van der Waals surface area contributed by atoms with Gasteiger partial charge >= 0.3 is 0 Å². The summed E-state index contributed by atoms with van der Waals surface area (Å²) in [7, 11) is 3.38. The Morgan fingerprint density at radius 2 is 1.00 bits per heavy atom. The number of nitrogens with zero attached hydrogens (tertiary/aromatic N) is 2. The Morgan fingerprint density at radius 1 is 0.643 bits per heavy atom. The fourth-order valence-corrected chi connectivity index (χ4v) is 5.56. The van der Waals surface area contributed by atoms with Crippen LogP contribution in [0.5, 0.6) is 0 Å². The standard InChI is InChI=1S/C20H28N2O4S2/c1-5-15-13(3)17(23)21(19(15)25)9-7-11-27-28-12-8-10-22-18(24)14(4)16(6-2)20(22)26/h5-12H2,1-4H3. The smallest absolute Gasteiger partial charge is 0.257 e. The Labute approximate surface area is 174 Å². The largest absolute Gasteiger partial charge is 0.275 e. The van der Waals surface area contributed by atoms with Crippen molar-refractivity contribution in [2.24, 2.45) is 0 Å². The van der Waals surface area contributed by atoms with Crippen molar-refractivity contribution in [1.82, 2.24) is 9.80 Å². The van der Waals surface area contributed by atoms with Crippen LogP contribution in [0.2, 0.25) is 0 Å². The second-order valence-electron chi connectivity index (χ2n) is 6.79. The van der Waals surface area contributed by atoms with Crippen LogP contribution >= 0.6 is 21.6 Å². The van der Waals surface area contributed by atoms with Crippen molar-refractivity contribution in [3.05, 3.63) is 22.3 Å². The van der Waals surface area contributed by atoms with E-state index in [4.69, 9.17) is 0 Å². The van der Waals surface area contributed by atoms with E-state index < -0.39 is 0 Å². The lowest BCUT2D eigenvalue weighted by Crippen LogP contribution is -2.33. The Hall–Kier alpha value is -1.54. The van der Waals surface area contributed by atoms with Crippen molar-refractivity contribution >= 4 is 45.2 Å². The van der Waals surface area contributed by atoms with Gasteiger partial charge < -0.3 is 0 Å². The maximum absolute atomic E-state index is 12.2. The first-order valence-corrected chi connectivity index (χ1v) is 12.2. The highest BCUT2D eigenvalue weighted by atomic mass is 33.1. The van der Waals surface area contributed by atoms with Gasteiger partial charge in [-0.25, -0.2) is 0 Å². The van der Waals surface area contributed by atoms with Crippen molar-refractivity contribution in [2.75, 3.05) is 24.6 Å². The van der Waals surface area contributed by atoms with Gasteiger partial charge in [0.15, 0.2) is 0 Å². The first-order valence-electron chi connectivity index (χ1n) is 9.71. The lowest BCUT2D eigenvalue weighted by Gasteiger charge is -2.15. The summed E-state index contributed by atoms with van der Waals surface area (Å²) in [4.78, 5) is 51.3. The van der Waals surface area contributed by atoms with Gasteiger partial charge in [-0.1, -0.05) is 35.4 Å². The molecular formula is C20H28N2O4S2. The van der Waals surface area contributed by atoms with E-state index in [-0.39, 0.29) is 23.6 Å². The van der Waals surface area contributed by atoms with Crippen LogP contribution in [0, 0.1) is 0 Å². The molecule has 0 saturated carbocycles. The number of hydrogen-bond acceptors (Lipinski definition) is 6. The Kier molecular flexibility index (Phi) is 8.37. The highest BCUT2D eigenvalue weighted by molar-refractivity contribution is 8.76. The molecular weight excluding hydrogens is 396 g/mol. The third-order valence-corrected chi connectivity index (χ3v) is 7.63. The molecule has 0 spiro atoms. The van der Waals surface area contributed by atoms with Gasteiger partial charge in [0.25, 0.3) is 23.6 Å². The summed E-state index contributed by atoms with van der Waals surface area (Å²) >= 11 is 0. The minimum Gasteiger partial charge on any atom is -0.275 e. The zero-order valence-electron chi connectivity index (χ0n) is 17.0. The van der Waals surface area contributed by atoms with Crippen LogP contribution in [0.1, 0.15) is 53.4 Å². The van der Waals surface area contributed by atoms with Crippen LogP contribution in [0.4, 0.5) is 0 Å². The summed E-state index contributed by atoms with van der Waals surface area (Å²) in [6.45, 7) is 8.13. The van der Waals surface area contributed by atoms with Gasteiger partial charge in [-0.2, -0.15) is 0 Å². The number of carbonyl (C=O) groups is 4. The molecule has 4 amide bonds. The minimum absolute atomic E-state index is 0.141. The topological polar surface area (TPSA) is 74.8 Å². The predicted molar refractivity (Wildman–Crippen MR) is 114 cm³/mol. The van der Waals surface area contributed by atoms with Gasteiger partial charge in [-0.3, -0.25) is 29.0 Å². The normalized spacial score (nSPS) is 17.9. The minimum atomic E-state index is -0.158. The summed E-state index contributed by atoms with van der Waals surface area (Å²) in [5.41, 5.74) is 2.43. The van der Waals surface area contributed by atoms with Crippen LogP contribution in [-0.2, 0) is 19.2 Å². The molecule has 2 aliphatic rings. The Balaban J connectivity index is 1.59. The first kappa shape index (κ1) is 22.7. The molecule has 0 aromatic heterocycles. The van der Waals surface area contributed by atoms with Gasteiger partial charge in [-0.15, -0.1) is 0 Å². The van der Waals surface area contributed by atoms with E-state index in [1.807, 2.05) is 13.8 Å². The van der Waals surface area contributed by atoms with Gasteiger partial charge in [0.2, 0.25) is 0 Å². The second-order valence-corrected chi connectivity index (χ2v) is 9.49. The summed E-state index contributed by atoms with van der Waals surface area (Å²) in [5, 5.41) is 0. The van der Waals surface area contributed by atoms with Crippen molar-refractivity contribution < 1.29 is 19.2 Å². The zero-order valence-corrected chi connectivity index (χ0v) is 18.6. The van der Waals surface area contributed by atoms with Gasteiger partial charge in [-0.05, 0) is 39.5 Å². The van der Waals surface area contributed by atoms with E-state index in [9.17, 15) is 19.2 Å². The van der Waals surface area contributed by atoms with Crippen LogP contribution in [0.15, 0.2) is 22.3 Å². The Morgan fingerprint density at radius 3 is 1.29 bits per heavy atom. The van der Waals surface area contributed by atoms with Gasteiger partial charge in [0, 0.05) is 46.9 Å². The molecule has 2 aliphatic heterocycles. The fourth-order valence-electron chi connectivity index (χ4n) is 3.41. The van der Waals surface area contributed by atoms with Crippen molar-refractivity contribution in [2.45, 2.75) is 53.4 Å². The fraction of sp³-hybridized carbons (Fsp3) is 0.600. The van der Waals surface area contributed by atoms with Crippen molar-refractivity contribution in [1.29, 1.82) is 0 Å². The third kappa shape index (κ3) is 4.71. The molecule has 0 aliphatic carbocycles. The molecule has 0 bridgehead atoms. The number of imide groups is 2. The molecule has 154 valence electrons. The lowest BCUT2D eigenvalue weighted by atomic mass is 10.1. The van der Waals surface area contributed by atoms with E-state index in [1.165, 1.54) is 9.80 Å². The molecule has 0 atom stereocenters. The van der Waals surface area contributed by atoms with Crippen LogP contribution in [-0.4, -0.2) is 58.0 Å². The highest BCUT2D eigenvalue weighted by Gasteiger charge is 2.34. The van der Waals surface area contributed by atoms with Crippen LogP contribution < -0.4 is 0 Å². The summed E-state index contributed by atoms with van der Waals surface area (Å²) < 4.78 is 0. The molecule has 8 heteroatoms. The SMILES string of the molecule is CCC1=C(C)C(=O)N(CCCSSCCCN2C(=O)C(C)=C(CC)C2=O)C1=O. The van der Waals surface area contributed by atoms with Gasteiger partial charge in [0.05, 0.1) is 0 Å². The summed E-state index contributed by atoms with van der Waals surface area (Å²) in [6, 6.07) is 0. The average molecular weight is 425 g/mol. The van der Waals surface area contributed by atoms with Crippen molar-refractivity contribution in [3.63, 3.8) is 0 Å². The molecule has 0 aromatic rings. The molecule has 0 unspecified atom stereocenters. The molecule has 0 N–H and O–H groups in total. The molecule has 0 saturated heterocycles. The second kappa shape index (κ2) is 10.3. The van der Waals surface area contributed by atoms with Crippen molar-refractivity contribution in [3.8, 4) is 0 Å². The lowest BCUT2D eigenvalue weighted by molar-refractivity contribution is -0.139. The number of carbonyl (C=O) groups excluding carboxylic acids is 4. The molecule has 2 heterocycles. The quantitative estimate of drug-likeness (QED) is 0.288.